The molecule has 3 aromatic rings. The molecule has 0 spiro atoms. The number of carbonyl (C=O) groups excluding carboxylic acids is 1. The second-order valence-corrected chi connectivity index (χ2v) is 7.18. The highest BCUT2D eigenvalue weighted by molar-refractivity contribution is 7.99. The van der Waals surface area contributed by atoms with Crippen molar-refractivity contribution in [2.45, 2.75) is 18.1 Å². The van der Waals surface area contributed by atoms with Crippen molar-refractivity contribution >= 4 is 51.6 Å². The van der Waals surface area contributed by atoms with E-state index in [0.29, 0.717) is 10.8 Å². The second-order valence-electron chi connectivity index (χ2n) is 4.80. The van der Waals surface area contributed by atoms with Gasteiger partial charge in [0.1, 0.15) is 0 Å². The van der Waals surface area contributed by atoms with Gasteiger partial charge in [-0.3, -0.25) is 4.79 Å². The number of hydrogen-bond donors (Lipinski definition) is 2. The Hall–Kier alpha value is -1.50. The lowest BCUT2D eigenvalue weighted by Gasteiger charge is -2.11. The zero-order valence-electron chi connectivity index (χ0n) is 11.8. The summed E-state index contributed by atoms with van der Waals surface area (Å²) in [6.45, 7) is 1.98. The molecule has 1 unspecified atom stereocenters. The molecule has 0 aliphatic carbocycles. The minimum Gasteiger partial charge on any atom is -0.348 e. The van der Waals surface area contributed by atoms with Gasteiger partial charge < -0.3 is 10.3 Å². The predicted octanol–water partition coefficient (Wildman–Crippen LogP) is 4.25. The van der Waals surface area contributed by atoms with Crippen molar-refractivity contribution in [1.82, 2.24) is 15.3 Å². The van der Waals surface area contributed by atoms with E-state index in [1.54, 1.807) is 17.4 Å². The summed E-state index contributed by atoms with van der Waals surface area (Å²) < 4.78 is 0. The molecular formula is C15H14ClN3OS2. The second kappa shape index (κ2) is 6.73. The van der Waals surface area contributed by atoms with Crippen LogP contribution in [0.3, 0.4) is 0 Å². The number of hydrogen-bond acceptors (Lipinski definition) is 4. The monoisotopic (exact) mass is 351 g/mol. The Morgan fingerprint density at radius 2 is 2.36 bits per heavy atom. The van der Waals surface area contributed by atoms with Crippen molar-refractivity contribution in [2.75, 3.05) is 5.75 Å². The summed E-state index contributed by atoms with van der Waals surface area (Å²) in [5.74, 6) is 0.313. The fourth-order valence-corrected chi connectivity index (χ4v) is 3.66. The van der Waals surface area contributed by atoms with E-state index < -0.39 is 0 Å². The van der Waals surface area contributed by atoms with E-state index in [2.05, 4.69) is 15.3 Å². The van der Waals surface area contributed by atoms with Gasteiger partial charge in [0, 0.05) is 9.90 Å². The van der Waals surface area contributed by atoms with Gasteiger partial charge in [0.25, 0.3) is 0 Å². The Balaban J connectivity index is 1.58. The number of nitrogens with one attached hydrogen (secondary N) is 2. The average Bonchev–Trinajstić information content (AvgIpc) is 3.13. The van der Waals surface area contributed by atoms with Gasteiger partial charge in [-0.15, -0.1) is 11.3 Å². The van der Waals surface area contributed by atoms with Crippen molar-refractivity contribution in [1.29, 1.82) is 0 Å². The highest BCUT2D eigenvalue weighted by atomic mass is 35.5. The topological polar surface area (TPSA) is 57.8 Å². The highest BCUT2D eigenvalue weighted by Crippen LogP contribution is 2.23. The minimum atomic E-state index is -0.00983. The van der Waals surface area contributed by atoms with Gasteiger partial charge in [-0.1, -0.05) is 29.4 Å². The number of aromatic amines is 1. The molecule has 2 N–H and O–H groups in total. The molecule has 1 atom stereocenters. The molecule has 2 aromatic heterocycles. The van der Waals surface area contributed by atoms with Crippen molar-refractivity contribution < 1.29 is 4.79 Å². The number of rotatable bonds is 5. The van der Waals surface area contributed by atoms with E-state index >= 15 is 0 Å². The lowest BCUT2D eigenvalue weighted by atomic mass is 10.3. The van der Waals surface area contributed by atoms with Crippen LogP contribution in [0.5, 0.6) is 0 Å². The molecule has 0 aliphatic rings. The molecule has 0 bridgehead atoms. The lowest BCUT2D eigenvalue weighted by Crippen LogP contribution is -2.27. The summed E-state index contributed by atoms with van der Waals surface area (Å²) in [5.41, 5.74) is 1.72. The van der Waals surface area contributed by atoms with Gasteiger partial charge in [0.2, 0.25) is 5.91 Å². The van der Waals surface area contributed by atoms with Crippen LogP contribution in [0.2, 0.25) is 5.02 Å². The van der Waals surface area contributed by atoms with Gasteiger partial charge in [0.05, 0.1) is 22.8 Å². The first kappa shape index (κ1) is 15.4. The maximum atomic E-state index is 12.0. The predicted molar refractivity (Wildman–Crippen MR) is 92.7 cm³/mol. The number of benzene rings is 1. The summed E-state index contributed by atoms with van der Waals surface area (Å²) >= 11 is 8.96. The van der Waals surface area contributed by atoms with Crippen molar-refractivity contribution in [3.05, 3.63) is 45.6 Å². The number of carbonyl (C=O) groups is 1. The number of halogens is 1. The number of amides is 1. The van der Waals surface area contributed by atoms with Crippen molar-refractivity contribution in [3.63, 3.8) is 0 Å². The number of thiophene rings is 1. The Morgan fingerprint density at radius 1 is 1.50 bits per heavy atom. The van der Waals surface area contributed by atoms with Gasteiger partial charge in [-0.25, -0.2) is 4.98 Å². The first-order valence-electron chi connectivity index (χ1n) is 6.72. The maximum absolute atomic E-state index is 12.0. The Morgan fingerprint density at radius 3 is 3.14 bits per heavy atom. The van der Waals surface area contributed by atoms with Crippen LogP contribution >= 0.6 is 34.7 Å². The minimum absolute atomic E-state index is 0.00983. The van der Waals surface area contributed by atoms with Crippen LogP contribution < -0.4 is 5.32 Å². The molecular weight excluding hydrogens is 338 g/mol. The van der Waals surface area contributed by atoms with Crippen LogP contribution in [-0.4, -0.2) is 21.6 Å². The van der Waals surface area contributed by atoms with Crippen molar-refractivity contribution in [3.8, 4) is 0 Å². The molecule has 1 aromatic carbocycles. The van der Waals surface area contributed by atoms with E-state index in [-0.39, 0.29) is 11.9 Å². The van der Waals surface area contributed by atoms with Crippen LogP contribution in [0.25, 0.3) is 11.0 Å². The maximum Gasteiger partial charge on any atom is 0.230 e. The third-order valence-electron chi connectivity index (χ3n) is 3.11. The van der Waals surface area contributed by atoms with Crippen LogP contribution in [0.4, 0.5) is 0 Å². The lowest BCUT2D eigenvalue weighted by molar-refractivity contribution is -0.119. The smallest absolute Gasteiger partial charge is 0.230 e. The molecule has 2 heterocycles. The zero-order valence-corrected chi connectivity index (χ0v) is 14.2. The highest BCUT2D eigenvalue weighted by Gasteiger charge is 2.12. The molecule has 1 amide bonds. The first-order valence-corrected chi connectivity index (χ1v) is 8.97. The summed E-state index contributed by atoms with van der Waals surface area (Å²) in [7, 11) is 0. The molecule has 0 saturated heterocycles. The zero-order chi connectivity index (χ0) is 15.5. The summed E-state index contributed by atoms with van der Waals surface area (Å²) in [6.07, 6.45) is 0. The van der Waals surface area contributed by atoms with Gasteiger partial charge in [0.15, 0.2) is 5.16 Å². The van der Waals surface area contributed by atoms with Gasteiger partial charge in [-0.05, 0) is 36.6 Å². The van der Waals surface area contributed by atoms with E-state index in [1.165, 1.54) is 11.8 Å². The third-order valence-corrected chi connectivity index (χ3v) is 5.27. The molecule has 0 aliphatic heterocycles. The number of imidazole rings is 1. The fraction of sp³-hybridized carbons (Fsp3) is 0.200. The summed E-state index contributed by atoms with van der Waals surface area (Å²) in [5, 5.41) is 6.37. The number of fused-ring (bicyclic) bond motifs is 1. The molecule has 22 heavy (non-hydrogen) atoms. The average molecular weight is 352 g/mol. The Kier molecular flexibility index (Phi) is 4.71. The first-order chi connectivity index (χ1) is 10.6. The molecule has 0 saturated carbocycles. The van der Waals surface area contributed by atoms with Gasteiger partial charge in [-0.2, -0.15) is 0 Å². The van der Waals surface area contributed by atoms with E-state index in [4.69, 9.17) is 11.6 Å². The third kappa shape index (κ3) is 3.63. The largest absolute Gasteiger partial charge is 0.348 e. The normalized spacial score (nSPS) is 12.5. The Bertz CT molecular complexity index is 785. The molecule has 114 valence electrons. The van der Waals surface area contributed by atoms with Crippen LogP contribution in [0, 0.1) is 0 Å². The van der Waals surface area contributed by atoms with E-state index in [1.807, 2.05) is 36.6 Å². The molecule has 0 radical (unpaired) electrons. The molecule has 3 rings (SSSR count). The molecule has 4 nitrogen and oxygen atoms in total. The quantitative estimate of drug-likeness (QED) is 0.676. The number of thioether (sulfide) groups is 1. The fourth-order valence-electron chi connectivity index (χ4n) is 2.05. The van der Waals surface area contributed by atoms with E-state index in [0.717, 1.165) is 21.1 Å². The summed E-state index contributed by atoms with van der Waals surface area (Å²) in [4.78, 5) is 20.7. The van der Waals surface area contributed by atoms with Crippen LogP contribution in [0.15, 0.2) is 40.9 Å². The Labute approximate surface area is 141 Å². The molecule has 7 heteroatoms. The van der Waals surface area contributed by atoms with Crippen molar-refractivity contribution in [2.24, 2.45) is 0 Å². The number of nitrogens with zero attached hydrogens (tertiary/aromatic N) is 1. The van der Waals surface area contributed by atoms with E-state index in [9.17, 15) is 4.79 Å². The standard InChI is InChI=1S/C15H14ClN3OS2/c1-9(13-3-2-6-21-13)17-14(20)8-22-15-18-11-5-4-10(16)7-12(11)19-15/h2-7,9H,8H2,1H3,(H,17,20)(H,18,19). The van der Waals surface area contributed by atoms with Gasteiger partial charge >= 0.3 is 0 Å². The molecule has 0 fully saturated rings. The summed E-state index contributed by atoms with van der Waals surface area (Å²) in [6, 6.07) is 9.52. The number of H-pyrrole nitrogens is 1. The number of aromatic nitrogens is 2. The van der Waals surface area contributed by atoms with Crippen LogP contribution in [-0.2, 0) is 4.79 Å². The SMILES string of the molecule is CC(NC(=O)CSc1nc2ccc(Cl)cc2[nH]1)c1cccs1. The van der Waals surface area contributed by atoms with Crippen LogP contribution in [0.1, 0.15) is 17.8 Å².